The lowest BCUT2D eigenvalue weighted by Crippen LogP contribution is -2.68. The van der Waals surface area contributed by atoms with E-state index in [1.807, 2.05) is 21.6 Å². The first-order chi connectivity index (χ1) is 30.9. The second-order valence-electron chi connectivity index (χ2n) is 14.9. The number of benzene rings is 1. The molecule has 15 atom stereocenters. The lowest BCUT2D eigenvalue weighted by molar-refractivity contribution is -0.340. The van der Waals surface area contributed by atoms with Crippen molar-refractivity contribution in [1.82, 2.24) is 4.72 Å². The molecule has 382 valence electrons. The van der Waals surface area contributed by atoms with Crippen LogP contribution in [0, 0.1) is 0 Å². The van der Waals surface area contributed by atoms with Crippen LogP contribution < -0.4 is 15.5 Å². The molecule has 0 amide bonds. The molecule has 3 heterocycles. The molecule has 0 aromatic heterocycles. The van der Waals surface area contributed by atoms with Gasteiger partial charge in [0.25, 0.3) is 0 Å². The van der Waals surface area contributed by atoms with Gasteiger partial charge in [0, 0.05) is 30.3 Å². The molecule has 0 bridgehead atoms. The molecule has 1 aromatic carbocycles. The molecular formula is C33H55N3O25S5. The summed E-state index contributed by atoms with van der Waals surface area (Å²) in [6, 6.07) is 4.43. The van der Waals surface area contributed by atoms with Gasteiger partial charge in [-0.15, -0.1) is 0 Å². The molecule has 66 heavy (non-hydrogen) atoms. The highest BCUT2D eigenvalue weighted by molar-refractivity contribution is 8.77. The summed E-state index contributed by atoms with van der Waals surface area (Å²) in [6.45, 7) is -2.28. The summed E-state index contributed by atoms with van der Waals surface area (Å²) in [5, 5.41) is 78.4. The molecule has 0 aliphatic carbocycles. The molecule has 3 saturated heterocycles. The number of anilines is 2. The number of unbranched alkanes of at least 4 members (excludes halogenated alkanes) is 2. The summed E-state index contributed by atoms with van der Waals surface area (Å²) < 4.78 is 134. The van der Waals surface area contributed by atoms with Crippen LogP contribution in [-0.2, 0) is 72.8 Å². The molecule has 33 heteroatoms. The number of carbonyl (C=O) groups is 1. The van der Waals surface area contributed by atoms with Gasteiger partial charge < -0.3 is 64.7 Å². The number of methoxy groups -OCH3 is 1. The monoisotopic (exact) mass is 1050 g/mol. The zero-order valence-corrected chi connectivity index (χ0v) is 38.8. The molecule has 13 N–H and O–H groups in total. The minimum Gasteiger partial charge on any atom is -0.479 e. The van der Waals surface area contributed by atoms with Crippen molar-refractivity contribution < 1.29 is 116 Å². The van der Waals surface area contributed by atoms with Gasteiger partial charge in [-0.25, -0.2) is 13.2 Å². The second kappa shape index (κ2) is 25.8. The van der Waals surface area contributed by atoms with Gasteiger partial charge in [-0.2, -0.15) is 30.0 Å². The van der Waals surface area contributed by atoms with Crippen molar-refractivity contribution in [3.8, 4) is 0 Å². The summed E-state index contributed by atoms with van der Waals surface area (Å²) in [6.07, 6.45) is -23.7. The first-order valence-corrected chi connectivity index (χ1v) is 26.4. The molecule has 0 saturated carbocycles. The lowest BCUT2D eigenvalue weighted by Gasteiger charge is -2.47. The maximum absolute atomic E-state index is 12.4. The van der Waals surface area contributed by atoms with Gasteiger partial charge >= 0.3 is 37.1 Å². The van der Waals surface area contributed by atoms with Crippen molar-refractivity contribution >= 4 is 70.0 Å². The Morgan fingerprint density at radius 1 is 0.879 bits per heavy atom. The SMILES string of the molecule is CO[C@H]1C(COS(=O)(=O)O)O[C@@H](O[C@H]2C(C(=O)O)O[C@@H](OCC(O)[C@H](O)[C@H](O)C(O)CNc3cccc(NOCCCCCC4CCSS4)c3)C(OS(=O)(=O)O)[C@H]2O)C(NS(=O)(=O)O)[C@H]1O. The molecule has 28 nitrogen and oxygen atoms in total. The van der Waals surface area contributed by atoms with E-state index in [9.17, 15) is 74.9 Å². The quantitative estimate of drug-likeness (QED) is 0.0173. The fourth-order valence-electron chi connectivity index (χ4n) is 6.83. The molecule has 1 aromatic rings. The summed E-state index contributed by atoms with van der Waals surface area (Å²) in [4.78, 5) is 18.0. The van der Waals surface area contributed by atoms with E-state index in [1.54, 1.807) is 24.3 Å². The van der Waals surface area contributed by atoms with Crippen LogP contribution in [-0.4, -0.2) is 211 Å². The first kappa shape index (κ1) is 56.7. The van der Waals surface area contributed by atoms with Gasteiger partial charge in [-0.3, -0.25) is 24.0 Å². The van der Waals surface area contributed by atoms with Gasteiger partial charge in [0.15, 0.2) is 24.8 Å². The third-order valence-corrected chi connectivity index (χ3v) is 14.5. The van der Waals surface area contributed by atoms with Gasteiger partial charge in [-0.05, 0) is 37.5 Å². The number of nitrogens with one attached hydrogen (secondary N) is 3. The van der Waals surface area contributed by atoms with E-state index in [0.29, 0.717) is 23.2 Å². The number of carboxylic acid groups (broad SMARTS) is 1. The van der Waals surface area contributed by atoms with Crippen molar-refractivity contribution in [2.45, 2.75) is 123 Å². The number of ether oxygens (including phenoxy) is 5. The van der Waals surface area contributed by atoms with Crippen LogP contribution in [0.2, 0.25) is 0 Å². The molecule has 0 spiro atoms. The van der Waals surface area contributed by atoms with Gasteiger partial charge in [0.1, 0.15) is 54.9 Å². The Bertz CT molecular complexity index is 2000. The number of aliphatic hydroxyl groups is 6. The fourth-order valence-corrected chi connectivity index (χ4v) is 11.2. The molecule has 4 rings (SSSR count). The Labute approximate surface area is 387 Å². The second-order valence-corrected chi connectivity index (χ2v) is 21.1. The van der Waals surface area contributed by atoms with Crippen LogP contribution in [0.4, 0.5) is 11.4 Å². The zero-order valence-electron chi connectivity index (χ0n) is 34.7. The third-order valence-electron chi connectivity index (χ3n) is 10.0. The summed E-state index contributed by atoms with van der Waals surface area (Å²) in [7, 11) is -11.4. The van der Waals surface area contributed by atoms with Crippen LogP contribution in [0.15, 0.2) is 24.3 Å². The summed E-state index contributed by atoms with van der Waals surface area (Å²) in [5.41, 5.74) is 3.84. The van der Waals surface area contributed by atoms with Crippen LogP contribution >= 0.6 is 21.6 Å². The zero-order chi connectivity index (χ0) is 49.0. The smallest absolute Gasteiger partial charge is 0.397 e. The first-order valence-electron chi connectivity index (χ1n) is 19.8. The highest BCUT2D eigenvalue weighted by Crippen LogP contribution is 2.40. The molecule has 0 radical (unpaired) electrons. The predicted molar refractivity (Wildman–Crippen MR) is 226 cm³/mol. The standard InChI is InChI=1S/C33H55N3O25S5/c1-54-27-21(15-57-65(48,49)50)58-32(22(25(27)41)36-64(45,46)47)59-28-26(42)29(61-66(51,52)53)33(60-30(28)31(43)44)55-14-20(38)24(40)23(39)19(37)13-34-16-6-5-7-17(12-16)35-56-10-4-2-3-8-18-9-11-62-63-18/h5-7,12,18-30,32-42H,2-4,8-11,13-15H2,1H3,(H,43,44)(H,45,46,47)(H,48,49,50)(H,51,52,53)/t18?,19?,20?,21?,22?,23-,24+,25-,26+,27+,28-,29?,30?,32+,33-/m1/s1. The number of hydrogen-bond acceptors (Lipinski definition) is 25. The van der Waals surface area contributed by atoms with Crippen molar-refractivity contribution in [2.75, 3.05) is 50.0 Å². The molecule has 7 unspecified atom stereocenters. The third kappa shape index (κ3) is 18.1. The van der Waals surface area contributed by atoms with E-state index in [1.165, 1.54) is 23.3 Å². The normalized spacial score (nSPS) is 30.6. The molecular weight excluding hydrogens is 999 g/mol. The van der Waals surface area contributed by atoms with Crippen LogP contribution in [0.5, 0.6) is 0 Å². The average molecular weight is 1050 g/mol. The Kier molecular flexibility index (Phi) is 22.2. The number of aliphatic hydroxyl groups excluding tert-OH is 6. The highest BCUT2D eigenvalue weighted by atomic mass is 33.1. The lowest BCUT2D eigenvalue weighted by atomic mass is 9.95. The van der Waals surface area contributed by atoms with Crippen molar-refractivity contribution in [1.29, 1.82) is 0 Å². The van der Waals surface area contributed by atoms with E-state index in [0.717, 1.165) is 26.4 Å². The number of hydrogen-bond donors (Lipinski definition) is 13. The Balaban J connectivity index is 1.37. The van der Waals surface area contributed by atoms with E-state index in [2.05, 4.69) is 19.2 Å². The van der Waals surface area contributed by atoms with Crippen molar-refractivity contribution in [2.24, 2.45) is 0 Å². The van der Waals surface area contributed by atoms with Crippen LogP contribution in [0.25, 0.3) is 0 Å². The molecule has 3 aliphatic heterocycles. The molecule has 3 aliphatic rings. The van der Waals surface area contributed by atoms with E-state index >= 15 is 0 Å². The topological polar surface area (TPSA) is 432 Å². The van der Waals surface area contributed by atoms with Crippen molar-refractivity contribution in [3.63, 3.8) is 0 Å². The van der Waals surface area contributed by atoms with E-state index in [-0.39, 0.29) is 6.54 Å². The van der Waals surface area contributed by atoms with Crippen molar-refractivity contribution in [3.05, 3.63) is 24.3 Å². The highest BCUT2D eigenvalue weighted by Gasteiger charge is 2.56. The Morgan fingerprint density at radius 2 is 1.58 bits per heavy atom. The largest absolute Gasteiger partial charge is 0.479 e. The van der Waals surface area contributed by atoms with Gasteiger partial charge in [0.05, 0.1) is 31.6 Å². The van der Waals surface area contributed by atoms with Gasteiger partial charge in [0.2, 0.25) is 0 Å². The maximum Gasteiger partial charge on any atom is 0.397 e. The van der Waals surface area contributed by atoms with E-state index < -0.39 is 136 Å². The minimum absolute atomic E-state index is 0.388. The number of carboxylic acids is 1. The van der Waals surface area contributed by atoms with Gasteiger partial charge in [-0.1, -0.05) is 40.5 Å². The number of aliphatic carboxylic acids is 1. The number of rotatable bonds is 28. The summed E-state index contributed by atoms with van der Waals surface area (Å²) >= 11 is 0. The Morgan fingerprint density at radius 3 is 2.20 bits per heavy atom. The maximum atomic E-state index is 12.4. The average Bonchev–Trinajstić information content (AvgIpc) is 3.76. The van der Waals surface area contributed by atoms with Crippen LogP contribution in [0.1, 0.15) is 32.1 Å². The van der Waals surface area contributed by atoms with E-state index in [4.69, 9.17) is 33.1 Å². The fraction of sp³-hybridized carbons (Fsp3) is 0.788. The molecule has 3 fully saturated rings. The predicted octanol–water partition coefficient (Wildman–Crippen LogP) is -2.96. The van der Waals surface area contributed by atoms with Crippen LogP contribution in [0.3, 0.4) is 0 Å². The summed E-state index contributed by atoms with van der Waals surface area (Å²) in [5.74, 6) is -0.840. The Hall–Kier alpha value is -1.88. The minimum atomic E-state index is -5.63.